The van der Waals surface area contributed by atoms with Crippen LogP contribution in [-0.4, -0.2) is 32.9 Å². The lowest BCUT2D eigenvalue weighted by Gasteiger charge is -2.11. The number of unbranched alkanes of at least 4 members (excludes halogenated alkanes) is 1. The first-order valence-corrected chi connectivity index (χ1v) is 7.16. The fourth-order valence-corrected chi connectivity index (χ4v) is 2.03. The molecule has 0 radical (unpaired) electrons. The highest BCUT2D eigenvalue weighted by Crippen LogP contribution is 2.32. The van der Waals surface area contributed by atoms with Gasteiger partial charge in [-0.1, -0.05) is 19.4 Å². The first-order chi connectivity index (χ1) is 9.83. The Morgan fingerprint density at radius 2 is 1.95 bits per heavy atom. The molecule has 0 aliphatic carbocycles. The van der Waals surface area contributed by atoms with Crippen LogP contribution in [-0.2, 0) is 6.42 Å². The van der Waals surface area contributed by atoms with E-state index in [0.717, 1.165) is 43.4 Å². The lowest BCUT2D eigenvalue weighted by atomic mass is 10.1. The minimum Gasteiger partial charge on any atom is -0.454 e. The summed E-state index contributed by atoms with van der Waals surface area (Å²) in [6.07, 6.45) is 3.26. The maximum atomic E-state index is 5.37. The molecule has 1 aromatic carbocycles. The zero-order chi connectivity index (χ0) is 14.2. The van der Waals surface area contributed by atoms with E-state index >= 15 is 0 Å². The predicted molar refractivity (Wildman–Crippen MR) is 96.0 cm³/mol. The third-order valence-electron chi connectivity index (χ3n) is 3.19. The first kappa shape index (κ1) is 17.9. The van der Waals surface area contributed by atoms with Crippen LogP contribution in [0.1, 0.15) is 25.3 Å². The van der Waals surface area contributed by atoms with E-state index < -0.39 is 0 Å². The molecule has 0 amide bonds. The molecular formula is C15H24IN3O2. The van der Waals surface area contributed by atoms with Crippen molar-refractivity contribution in [2.45, 2.75) is 26.2 Å². The number of rotatable bonds is 6. The van der Waals surface area contributed by atoms with Crippen LogP contribution in [0.15, 0.2) is 23.2 Å². The summed E-state index contributed by atoms with van der Waals surface area (Å²) in [6, 6.07) is 6.08. The summed E-state index contributed by atoms with van der Waals surface area (Å²) in [5.74, 6) is 2.53. The van der Waals surface area contributed by atoms with E-state index in [4.69, 9.17) is 9.47 Å². The van der Waals surface area contributed by atoms with Gasteiger partial charge in [0.1, 0.15) is 0 Å². The molecule has 2 rings (SSSR count). The van der Waals surface area contributed by atoms with E-state index in [9.17, 15) is 0 Å². The van der Waals surface area contributed by atoms with Crippen molar-refractivity contribution in [2.75, 3.05) is 26.9 Å². The molecule has 0 saturated carbocycles. The largest absolute Gasteiger partial charge is 0.454 e. The molecule has 1 heterocycles. The molecule has 0 bridgehead atoms. The highest BCUT2D eigenvalue weighted by atomic mass is 127. The van der Waals surface area contributed by atoms with Gasteiger partial charge in [-0.05, 0) is 30.5 Å². The third-order valence-corrected chi connectivity index (χ3v) is 3.19. The van der Waals surface area contributed by atoms with E-state index in [1.165, 1.54) is 12.0 Å². The van der Waals surface area contributed by atoms with Gasteiger partial charge in [-0.15, -0.1) is 24.0 Å². The number of fused-ring (bicyclic) bond motifs is 1. The third kappa shape index (κ3) is 5.61. The van der Waals surface area contributed by atoms with E-state index in [2.05, 4.69) is 28.6 Å². The van der Waals surface area contributed by atoms with Gasteiger partial charge in [0, 0.05) is 20.1 Å². The lowest BCUT2D eigenvalue weighted by Crippen LogP contribution is -2.38. The normalized spacial score (nSPS) is 12.8. The molecule has 118 valence electrons. The smallest absolute Gasteiger partial charge is 0.231 e. The highest BCUT2D eigenvalue weighted by molar-refractivity contribution is 14.0. The zero-order valence-electron chi connectivity index (χ0n) is 12.6. The van der Waals surface area contributed by atoms with Crippen molar-refractivity contribution in [3.63, 3.8) is 0 Å². The Morgan fingerprint density at radius 1 is 1.19 bits per heavy atom. The maximum absolute atomic E-state index is 5.37. The van der Waals surface area contributed by atoms with Gasteiger partial charge >= 0.3 is 0 Å². The summed E-state index contributed by atoms with van der Waals surface area (Å²) in [5.41, 5.74) is 1.23. The molecule has 0 spiro atoms. The van der Waals surface area contributed by atoms with Crippen molar-refractivity contribution in [1.29, 1.82) is 0 Å². The summed E-state index contributed by atoms with van der Waals surface area (Å²) in [7, 11) is 1.79. The molecule has 0 unspecified atom stereocenters. The Bertz CT molecular complexity index is 466. The van der Waals surface area contributed by atoms with E-state index in [1.807, 2.05) is 12.1 Å². The van der Waals surface area contributed by atoms with Gasteiger partial charge in [-0.3, -0.25) is 4.99 Å². The quantitative estimate of drug-likeness (QED) is 0.331. The van der Waals surface area contributed by atoms with Gasteiger partial charge in [0.2, 0.25) is 6.79 Å². The molecule has 21 heavy (non-hydrogen) atoms. The van der Waals surface area contributed by atoms with Crippen LogP contribution in [0.25, 0.3) is 0 Å². The lowest BCUT2D eigenvalue weighted by molar-refractivity contribution is 0.174. The van der Waals surface area contributed by atoms with Crippen LogP contribution in [0.5, 0.6) is 11.5 Å². The summed E-state index contributed by atoms with van der Waals surface area (Å²) in [6.45, 7) is 4.30. The second-order valence-electron chi connectivity index (χ2n) is 4.72. The number of benzene rings is 1. The summed E-state index contributed by atoms with van der Waals surface area (Å²) in [4.78, 5) is 4.20. The average molecular weight is 405 g/mol. The zero-order valence-corrected chi connectivity index (χ0v) is 15.0. The molecule has 0 saturated heterocycles. The summed E-state index contributed by atoms with van der Waals surface area (Å²) in [5, 5.41) is 6.60. The van der Waals surface area contributed by atoms with Crippen molar-refractivity contribution in [2.24, 2.45) is 4.99 Å². The Balaban J connectivity index is 0.00000220. The molecule has 0 aromatic heterocycles. The van der Waals surface area contributed by atoms with Gasteiger partial charge < -0.3 is 20.1 Å². The Morgan fingerprint density at radius 3 is 2.71 bits per heavy atom. The van der Waals surface area contributed by atoms with Gasteiger partial charge in [-0.25, -0.2) is 0 Å². The number of ether oxygens (including phenoxy) is 2. The molecule has 0 fully saturated rings. The van der Waals surface area contributed by atoms with Crippen LogP contribution in [0, 0.1) is 0 Å². The first-order valence-electron chi connectivity index (χ1n) is 7.16. The minimum absolute atomic E-state index is 0. The van der Waals surface area contributed by atoms with E-state index in [0.29, 0.717) is 6.79 Å². The molecule has 5 nitrogen and oxygen atoms in total. The number of hydrogen-bond donors (Lipinski definition) is 2. The van der Waals surface area contributed by atoms with Crippen LogP contribution in [0.4, 0.5) is 0 Å². The number of hydrogen-bond acceptors (Lipinski definition) is 3. The molecular weight excluding hydrogens is 381 g/mol. The number of nitrogens with one attached hydrogen (secondary N) is 2. The minimum atomic E-state index is 0. The predicted octanol–water partition coefficient (Wildman–Crippen LogP) is 2.54. The molecule has 1 aliphatic rings. The molecule has 1 aliphatic heterocycles. The summed E-state index contributed by atoms with van der Waals surface area (Å²) >= 11 is 0. The molecule has 1 aromatic rings. The van der Waals surface area contributed by atoms with E-state index in [-0.39, 0.29) is 24.0 Å². The van der Waals surface area contributed by atoms with Crippen LogP contribution < -0.4 is 20.1 Å². The fourth-order valence-electron chi connectivity index (χ4n) is 2.03. The molecule has 0 atom stereocenters. The molecule has 2 N–H and O–H groups in total. The van der Waals surface area contributed by atoms with Crippen molar-refractivity contribution in [1.82, 2.24) is 10.6 Å². The monoisotopic (exact) mass is 405 g/mol. The van der Waals surface area contributed by atoms with Crippen LogP contribution in [0.2, 0.25) is 0 Å². The average Bonchev–Trinajstić information content (AvgIpc) is 2.93. The van der Waals surface area contributed by atoms with E-state index in [1.54, 1.807) is 7.05 Å². The SMILES string of the molecule is CCCCNC(=NC)NCCc1ccc2c(c1)OCO2.I. The second-order valence-corrected chi connectivity index (χ2v) is 4.72. The van der Waals surface area contributed by atoms with Crippen molar-refractivity contribution >= 4 is 29.9 Å². The maximum Gasteiger partial charge on any atom is 0.231 e. The molecule has 6 heteroatoms. The number of halogens is 1. The van der Waals surface area contributed by atoms with Gasteiger partial charge in [0.05, 0.1) is 0 Å². The number of guanidine groups is 1. The summed E-state index contributed by atoms with van der Waals surface area (Å²) < 4.78 is 10.7. The Kier molecular flexibility index (Phi) is 8.26. The van der Waals surface area contributed by atoms with Gasteiger partial charge in [0.25, 0.3) is 0 Å². The Hall–Kier alpha value is -1.18. The fraction of sp³-hybridized carbons (Fsp3) is 0.533. The van der Waals surface area contributed by atoms with Gasteiger partial charge in [0.15, 0.2) is 17.5 Å². The standard InChI is InChI=1S/C15H23N3O2.HI/c1-3-4-8-17-15(16-2)18-9-7-12-5-6-13-14(10-12)20-11-19-13;/h5-6,10H,3-4,7-9,11H2,1-2H3,(H2,16,17,18);1H. The van der Waals surface area contributed by atoms with Gasteiger partial charge in [-0.2, -0.15) is 0 Å². The number of aliphatic imine (C=N–C) groups is 1. The van der Waals surface area contributed by atoms with Crippen LogP contribution in [0.3, 0.4) is 0 Å². The van der Waals surface area contributed by atoms with Crippen molar-refractivity contribution in [3.05, 3.63) is 23.8 Å². The number of nitrogens with zero attached hydrogens (tertiary/aromatic N) is 1. The van der Waals surface area contributed by atoms with Crippen molar-refractivity contribution < 1.29 is 9.47 Å². The van der Waals surface area contributed by atoms with Crippen molar-refractivity contribution in [3.8, 4) is 11.5 Å². The van der Waals surface area contributed by atoms with Crippen LogP contribution >= 0.6 is 24.0 Å². The Labute approximate surface area is 143 Å². The topological polar surface area (TPSA) is 54.9 Å². The highest BCUT2D eigenvalue weighted by Gasteiger charge is 2.12. The second kappa shape index (κ2) is 9.70.